The minimum atomic E-state index is -0.804. The third kappa shape index (κ3) is 4.74. The number of nitrogens with one attached hydrogen (secondary N) is 1. The van der Waals surface area contributed by atoms with E-state index in [2.05, 4.69) is 5.32 Å². The van der Waals surface area contributed by atoms with Crippen molar-refractivity contribution in [1.82, 2.24) is 0 Å². The van der Waals surface area contributed by atoms with Crippen molar-refractivity contribution in [2.45, 2.75) is 6.10 Å². The fourth-order valence-corrected chi connectivity index (χ4v) is 1.51. The SMILES string of the molecule is OCC(O)CNc1cccc(C(Cl)=C(Cl)Cl)c1. The van der Waals surface area contributed by atoms with Gasteiger partial charge in [-0.25, -0.2) is 0 Å². The fourth-order valence-electron chi connectivity index (χ4n) is 1.18. The summed E-state index contributed by atoms with van der Waals surface area (Å²) in [5.74, 6) is 0. The molecule has 17 heavy (non-hydrogen) atoms. The second-order valence-electron chi connectivity index (χ2n) is 3.37. The lowest BCUT2D eigenvalue weighted by Crippen LogP contribution is -2.22. The Hall–Kier alpha value is -0.450. The van der Waals surface area contributed by atoms with Crippen LogP contribution in [0.4, 0.5) is 5.69 Å². The number of aliphatic hydroxyl groups excluding tert-OH is 2. The summed E-state index contributed by atoms with van der Waals surface area (Å²) in [6.07, 6.45) is -0.804. The molecule has 6 heteroatoms. The molecule has 0 aromatic heterocycles. The van der Waals surface area contributed by atoms with Crippen molar-refractivity contribution >= 4 is 45.5 Å². The molecule has 0 amide bonds. The lowest BCUT2D eigenvalue weighted by Gasteiger charge is -2.11. The van der Waals surface area contributed by atoms with E-state index < -0.39 is 6.10 Å². The van der Waals surface area contributed by atoms with E-state index in [1.807, 2.05) is 0 Å². The Balaban J connectivity index is 2.76. The molecule has 0 spiro atoms. The number of anilines is 1. The van der Waals surface area contributed by atoms with Crippen molar-refractivity contribution in [2.75, 3.05) is 18.5 Å². The van der Waals surface area contributed by atoms with E-state index in [-0.39, 0.29) is 22.7 Å². The molecule has 0 fully saturated rings. The minimum absolute atomic E-state index is 0.000732. The number of aliphatic hydroxyl groups is 2. The summed E-state index contributed by atoms with van der Waals surface area (Å²) < 4.78 is -0.000732. The molecule has 1 unspecified atom stereocenters. The largest absolute Gasteiger partial charge is 0.394 e. The zero-order valence-electron chi connectivity index (χ0n) is 8.83. The van der Waals surface area contributed by atoms with Crippen LogP contribution in [0.15, 0.2) is 28.8 Å². The number of rotatable bonds is 5. The second kappa shape index (κ2) is 7.09. The van der Waals surface area contributed by atoms with E-state index in [9.17, 15) is 5.11 Å². The van der Waals surface area contributed by atoms with E-state index in [0.29, 0.717) is 5.56 Å². The van der Waals surface area contributed by atoms with E-state index in [0.717, 1.165) is 5.69 Å². The third-order valence-corrected chi connectivity index (χ3v) is 3.01. The van der Waals surface area contributed by atoms with Crippen LogP contribution in [0.1, 0.15) is 5.56 Å². The molecule has 1 aromatic carbocycles. The fraction of sp³-hybridized carbons (Fsp3) is 0.273. The van der Waals surface area contributed by atoms with Gasteiger partial charge in [0, 0.05) is 12.2 Å². The Morgan fingerprint density at radius 2 is 2.00 bits per heavy atom. The molecule has 1 atom stereocenters. The monoisotopic (exact) mass is 295 g/mol. The summed E-state index contributed by atoms with van der Waals surface area (Å²) >= 11 is 17.1. The van der Waals surface area contributed by atoms with Crippen LogP contribution in [0.5, 0.6) is 0 Å². The van der Waals surface area contributed by atoms with Gasteiger partial charge in [0.2, 0.25) is 0 Å². The predicted octanol–water partition coefficient (Wildman–Crippen LogP) is 2.79. The Morgan fingerprint density at radius 1 is 1.29 bits per heavy atom. The summed E-state index contributed by atoms with van der Waals surface area (Å²) in [6.45, 7) is -0.0449. The van der Waals surface area contributed by atoms with E-state index in [1.54, 1.807) is 24.3 Å². The molecule has 0 aliphatic carbocycles. The maximum atomic E-state index is 9.20. The van der Waals surface area contributed by atoms with Gasteiger partial charge in [0.15, 0.2) is 0 Å². The van der Waals surface area contributed by atoms with Crippen LogP contribution in [-0.2, 0) is 0 Å². The molecule has 0 aliphatic rings. The highest BCUT2D eigenvalue weighted by Crippen LogP contribution is 2.29. The van der Waals surface area contributed by atoms with E-state index in [4.69, 9.17) is 39.9 Å². The maximum Gasteiger partial charge on any atom is 0.126 e. The van der Waals surface area contributed by atoms with Crippen molar-refractivity contribution in [3.63, 3.8) is 0 Å². The van der Waals surface area contributed by atoms with Gasteiger partial charge in [-0.2, -0.15) is 0 Å². The van der Waals surface area contributed by atoms with Gasteiger partial charge in [0.1, 0.15) is 4.49 Å². The van der Waals surface area contributed by atoms with Crippen LogP contribution in [0.25, 0.3) is 5.03 Å². The standard InChI is InChI=1S/C11H12Cl3NO2/c12-10(11(13)14)7-2-1-3-8(4-7)15-5-9(17)6-16/h1-4,9,15-17H,5-6H2. The Labute approximate surface area is 115 Å². The molecule has 1 rings (SSSR count). The van der Waals surface area contributed by atoms with Crippen LogP contribution in [0, 0.1) is 0 Å². The Kier molecular flexibility index (Phi) is 6.09. The van der Waals surface area contributed by atoms with Crippen molar-refractivity contribution in [2.24, 2.45) is 0 Å². The van der Waals surface area contributed by atoms with E-state index >= 15 is 0 Å². The predicted molar refractivity (Wildman–Crippen MR) is 72.5 cm³/mol. The highest BCUT2D eigenvalue weighted by molar-refractivity contribution is 6.66. The first-order chi connectivity index (χ1) is 8.04. The van der Waals surface area contributed by atoms with Gasteiger partial charge >= 0.3 is 0 Å². The molecule has 0 saturated carbocycles. The molecule has 0 heterocycles. The van der Waals surface area contributed by atoms with Crippen molar-refractivity contribution in [3.8, 4) is 0 Å². The van der Waals surface area contributed by atoms with Gasteiger partial charge in [-0.1, -0.05) is 46.9 Å². The molecule has 94 valence electrons. The molecule has 0 radical (unpaired) electrons. The van der Waals surface area contributed by atoms with Crippen LogP contribution in [0.2, 0.25) is 0 Å². The second-order valence-corrected chi connectivity index (χ2v) is 4.70. The first-order valence-electron chi connectivity index (χ1n) is 4.88. The summed E-state index contributed by atoms with van der Waals surface area (Å²) in [6, 6.07) is 7.10. The quantitative estimate of drug-likeness (QED) is 0.783. The van der Waals surface area contributed by atoms with Gasteiger partial charge in [0.05, 0.1) is 17.7 Å². The highest BCUT2D eigenvalue weighted by Gasteiger charge is 2.05. The molecule has 0 aliphatic heterocycles. The third-order valence-electron chi connectivity index (χ3n) is 2.03. The molecule has 3 nitrogen and oxygen atoms in total. The number of benzene rings is 1. The smallest absolute Gasteiger partial charge is 0.126 e. The Morgan fingerprint density at radius 3 is 2.59 bits per heavy atom. The van der Waals surface area contributed by atoms with Gasteiger partial charge < -0.3 is 15.5 Å². The lowest BCUT2D eigenvalue weighted by molar-refractivity contribution is 0.105. The van der Waals surface area contributed by atoms with Gasteiger partial charge in [-0.15, -0.1) is 0 Å². The molecule has 1 aromatic rings. The van der Waals surface area contributed by atoms with Gasteiger partial charge in [-0.05, 0) is 17.7 Å². The van der Waals surface area contributed by atoms with Crippen LogP contribution < -0.4 is 5.32 Å². The summed E-state index contributed by atoms with van der Waals surface area (Å²) in [5.41, 5.74) is 1.43. The Bertz CT molecular complexity index is 405. The highest BCUT2D eigenvalue weighted by atomic mass is 35.5. The molecule has 0 saturated heterocycles. The van der Waals surface area contributed by atoms with Gasteiger partial charge in [0.25, 0.3) is 0 Å². The van der Waals surface area contributed by atoms with Crippen molar-refractivity contribution in [3.05, 3.63) is 34.3 Å². The first kappa shape index (κ1) is 14.6. The van der Waals surface area contributed by atoms with Gasteiger partial charge in [-0.3, -0.25) is 0 Å². The minimum Gasteiger partial charge on any atom is -0.394 e. The lowest BCUT2D eigenvalue weighted by atomic mass is 10.2. The summed E-state index contributed by atoms with van der Waals surface area (Å²) in [4.78, 5) is 0. The zero-order chi connectivity index (χ0) is 12.8. The molecular weight excluding hydrogens is 284 g/mol. The normalized spacial score (nSPS) is 12.1. The van der Waals surface area contributed by atoms with Crippen LogP contribution in [-0.4, -0.2) is 29.5 Å². The number of halogens is 3. The maximum absolute atomic E-state index is 9.20. The average molecular weight is 297 g/mol. The topological polar surface area (TPSA) is 52.5 Å². The van der Waals surface area contributed by atoms with Crippen molar-refractivity contribution < 1.29 is 10.2 Å². The van der Waals surface area contributed by atoms with Crippen molar-refractivity contribution in [1.29, 1.82) is 0 Å². The average Bonchev–Trinajstić information content (AvgIpc) is 2.35. The molecular formula is C11H12Cl3NO2. The van der Waals surface area contributed by atoms with Crippen LogP contribution >= 0.6 is 34.8 Å². The number of hydrogen-bond donors (Lipinski definition) is 3. The first-order valence-corrected chi connectivity index (χ1v) is 6.02. The van der Waals surface area contributed by atoms with Crippen LogP contribution in [0.3, 0.4) is 0 Å². The molecule has 3 N–H and O–H groups in total. The number of hydrogen-bond acceptors (Lipinski definition) is 3. The zero-order valence-corrected chi connectivity index (χ0v) is 11.1. The molecule has 0 bridgehead atoms. The van der Waals surface area contributed by atoms with E-state index in [1.165, 1.54) is 0 Å². The summed E-state index contributed by atoms with van der Waals surface area (Å²) in [5, 5.41) is 21.1. The summed E-state index contributed by atoms with van der Waals surface area (Å²) in [7, 11) is 0.